The lowest BCUT2D eigenvalue weighted by Crippen LogP contribution is -2.50. The van der Waals surface area contributed by atoms with Crippen molar-refractivity contribution in [1.82, 2.24) is 25.1 Å². The normalized spacial score (nSPS) is 24.9. The Balaban J connectivity index is 1.37. The lowest BCUT2D eigenvalue weighted by molar-refractivity contribution is -0.136. The average Bonchev–Trinajstić information content (AvgIpc) is 3.15. The van der Waals surface area contributed by atoms with Gasteiger partial charge < -0.3 is 14.6 Å². The predicted octanol–water partition coefficient (Wildman–Crippen LogP) is 3.78. The summed E-state index contributed by atoms with van der Waals surface area (Å²) < 4.78 is 47.8. The number of H-pyrrole nitrogens is 2. The Morgan fingerprint density at radius 3 is 2.78 bits per heavy atom. The first kappa shape index (κ1) is 23.5. The molecule has 0 bridgehead atoms. The van der Waals surface area contributed by atoms with Gasteiger partial charge in [-0.3, -0.25) is 14.8 Å². The molecule has 1 aromatic carbocycles. The molecule has 3 aromatic rings. The van der Waals surface area contributed by atoms with Gasteiger partial charge in [-0.15, -0.1) is 0 Å². The van der Waals surface area contributed by atoms with Crippen molar-refractivity contribution in [2.24, 2.45) is 11.3 Å². The number of alkyl halides is 3. The molecule has 2 fully saturated rings. The van der Waals surface area contributed by atoms with Crippen LogP contribution in [0.5, 0.6) is 0 Å². The molecule has 3 heterocycles. The van der Waals surface area contributed by atoms with Crippen molar-refractivity contribution in [3.63, 3.8) is 0 Å². The van der Waals surface area contributed by atoms with Crippen LogP contribution in [0.15, 0.2) is 12.1 Å². The van der Waals surface area contributed by atoms with Crippen LogP contribution in [-0.2, 0) is 28.5 Å². The van der Waals surface area contributed by atoms with E-state index < -0.39 is 17.8 Å². The average molecular weight is 503 g/mol. The van der Waals surface area contributed by atoms with Gasteiger partial charge in [0.25, 0.3) is 0 Å². The number of carbonyl (C=O) groups is 1. The summed E-state index contributed by atoms with van der Waals surface area (Å²) in [6, 6.07) is 2.07. The summed E-state index contributed by atoms with van der Waals surface area (Å²) >= 11 is 0. The quantitative estimate of drug-likeness (QED) is 0.567. The number of nitrogens with zero attached hydrogens (tertiary/aromatic N) is 4. The molecule has 11 heteroatoms. The van der Waals surface area contributed by atoms with Gasteiger partial charge in [0.15, 0.2) is 5.82 Å². The van der Waals surface area contributed by atoms with Crippen LogP contribution < -0.4 is 4.90 Å². The summed E-state index contributed by atoms with van der Waals surface area (Å²) in [6.07, 6.45) is -1.73. The number of halogens is 3. The van der Waals surface area contributed by atoms with Gasteiger partial charge in [0.1, 0.15) is 5.69 Å². The Morgan fingerprint density at radius 2 is 2.06 bits per heavy atom. The molecule has 2 N–H and O–H groups in total. The number of likely N-dealkylation sites (N-methyl/N-ethyl adjacent to an activating group) is 1. The Hall–Kier alpha value is -2.92. The number of ether oxygens (including phenoxy) is 1. The minimum atomic E-state index is -4.63. The summed E-state index contributed by atoms with van der Waals surface area (Å²) in [5.74, 6) is 0.607. The topological polar surface area (TPSA) is 90.1 Å². The SMILES string of the molecule is C[C@@H](C(=O)N(C)c1cc(C(F)(F)F)c2[nH]c(-c3n[nH]c4c3C[C@@H]3C[C@]3(C)C4)nc2c1)N1CCOCC1. The van der Waals surface area contributed by atoms with Crippen molar-refractivity contribution in [3.8, 4) is 11.5 Å². The van der Waals surface area contributed by atoms with Gasteiger partial charge in [0, 0.05) is 37.1 Å². The lowest BCUT2D eigenvalue weighted by atomic mass is 9.88. The van der Waals surface area contributed by atoms with Crippen LogP contribution in [0.25, 0.3) is 22.6 Å². The van der Waals surface area contributed by atoms with Gasteiger partial charge in [-0.05, 0) is 49.7 Å². The van der Waals surface area contributed by atoms with E-state index in [1.54, 1.807) is 6.92 Å². The van der Waals surface area contributed by atoms with Crippen molar-refractivity contribution in [3.05, 3.63) is 29.0 Å². The van der Waals surface area contributed by atoms with E-state index in [-0.39, 0.29) is 22.6 Å². The number of hydrogen-bond acceptors (Lipinski definition) is 5. The number of rotatable bonds is 4. The zero-order valence-electron chi connectivity index (χ0n) is 20.5. The molecule has 6 rings (SSSR count). The fourth-order valence-electron chi connectivity index (χ4n) is 5.81. The van der Waals surface area contributed by atoms with Gasteiger partial charge >= 0.3 is 6.18 Å². The first-order valence-corrected chi connectivity index (χ1v) is 12.3. The van der Waals surface area contributed by atoms with Crippen LogP contribution in [0.3, 0.4) is 0 Å². The third-order valence-electron chi connectivity index (χ3n) is 8.30. The van der Waals surface area contributed by atoms with Crippen LogP contribution in [-0.4, -0.2) is 70.4 Å². The molecule has 3 atom stereocenters. The molecular formula is C25H29F3N6O2. The number of aromatic amines is 2. The fraction of sp³-hybridized carbons (Fsp3) is 0.560. The molecule has 1 saturated carbocycles. The molecule has 1 amide bonds. The smallest absolute Gasteiger partial charge is 0.379 e. The fourth-order valence-corrected chi connectivity index (χ4v) is 5.81. The zero-order chi connectivity index (χ0) is 25.4. The molecule has 1 aliphatic heterocycles. The Morgan fingerprint density at radius 1 is 1.31 bits per heavy atom. The summed E-state index contributed by atoms with van der Waals surface area (Å²) in [6.45, 7) is 6.29. The molecule has 3 aliphatic rings. The van der Waals surface area contributed by atoms with Crippen LogP contribution >= 0.6 is 0 Å². The number of imidazole rings is 1. The van der Waals surface area contributed by atoms with Gasteiger partial charge in [0.05, 0.1) is 35.9 Å². The van der Waals surface area contributed by atoms with Crippen molar-refractivity contribution >= 4 is 22.6 Å². The van der Waals surface area contributed by atoms with E-state index in [4.69, 9.17) is 4.74 Å². The maximum atomic E-state index is 14.1. The Labute approximate surface area is 206 Å². The third kappa shape index (κ3) is 3.80. The van der Waals surface area contributed by atoms with Crippen LogP contribution in [0, 0.1) is 11.3 Å². The van der Waals surface area contributed by atoms with Crippen molar-refractivity contribution < 1.29 is 22.7 Å². The molecular weight excluding hydrogens is 473 g/mol. The standard InChI is InChI=1S/C25H29F3N6O2/c1-13(34-4-6-36-7-5-34)23(35)33(3)15-9-17(25(26,27)28)21-18(10-15)29-22(30-21)20-16-8-14-11-24(14,2)12-19(16)31-32-20/h9-10,13-14H,4-8,11-12H2,1-3H3,(H,29,30)(H,31,32)/t13-,14+,24+/m0/s1. The third-order valence-corrected chi connectivity index (χ3v) is 8.30. The number of carbonyl (C=O) groups excluding carboxylic acids is 1. The number of hydrogen-bond donors (Lipinski definition) is 2. The number of anilines is 1. The number of fused-ring (bicyclic) bond motifs is 3. The van der Waals surface area contributed by atoms with Crippen LogP contribution in [0.2, 0.25) is 0 Å². The molecule has 0 radical (unpaired) electrons. The minimum absolute atomic E-state index is 0.104. The highest BCUT2D eigenvalue weighted by Crippen LogP contribution is 2.59. The second-order valence-corrected chi connectivity index (χ2v) is 10.7. The summed E-state index contributed by atoms with van der Waals surface area (Å²) in [4.78, 5) is 23.9. The van der Waals surface area contributed by atoms with E-state index in [2.05, 4.69) is 27.1 Å². The minimum Gasteiger partial charge on any atom is -0.379 e. The highest BCUT2D eigenvalue weighted by atomic mass is 19.4. The van der Waals surface area contributed by atoms with Crippen molar-refractivity contribution in [1.29, 1.82) is 0 Å². The molecule has 2 aromatic heterocycles. The van der Waals surface area contributed by atoms with Gasteiger partial charge in [-0.1, -0.05) is 6.92 Å². The first-order chi connectivity index (χ1) is 17.0. The maximum absolute atomic E-state index is 14.1. The zero-order valence-corrected chi connectivity index (χ0v) is 20.5. The maximum Gasteiger partial charge on any atom is 0.418 e. The number of aromatic nitrogens is 4. The largest absolute Gasteiger partial charge is 0.418 e. The molecule has 192 valence electrons. The van der Waals surface area contributed by atoms with E-state index in [9.17, 15) is 18.0 Å². The van der Waals surface area contributed by atoms with E-state index in [0.717, 1.165) is 36.6 Å². The highest BCUT2D eigenvalue weighted by molar-refractivity contribution is 5.99. The predicted molar refractivity (Wildman–Crippen MR) is 128 cm³/mol. The Kier molecular flexibility index (Phi) is 5.24. The monoisotopic (exact) mass is 502 g/mol. The van der Waals surface area contributed by atoms with Gasteiger partial charge in [-0.25, -0.2) is 4.98 Å². The molecule has 36 heavy (non-hydrogen) atoms. The second kappa shape index (κ2) is 8.04. The molecule has 0 unspecified atom stereocenters. The van der Waals surface area contributed by atoms with Crippen molar-refractivity contribution in [2.75, 3.05) is 38.3 Å². The lowest BCUT2D eigenvalue weighted by Gasteiger charge is -2.33. The number of nitrogens with one attached hydrogen (secondary N) is 2. The summed E-state index contributed by atoms with van der Waals surface area (Å²) in [5.41, 5.74) is 2.30. The van der Waals surface area contributed by atoms with Gasteiger partial charge in [0.2, 0.25) is 5.91 Å². The summed E-state index contributed by atoms with van der Waals surface area (Å²) in [5, 5.41) is 7.51. The summed E-state index contributed by atoms with van der Waals surface area (Å²) in [7, 11) is 1.50. The Bertz CT molecular complexity index is 1340. The highest BCUT2D eigenvalue weighted by Gasteiger charge is 2.53. The molecule has 0 spiro atoms. The van der Waals surface area contributed by atoms with Crippen molar-refractivity contribution in [2.45, 2.75) is 45.3 Å². The number of benzene rings is 1. The second-order valence-electron chi connectivity index (χ2n) is 10.7. The number of amides is 1. The van der Waals surface area contributed by atoms with E-state index in [1.807, 2.05) is 4.90 Å². The van der Waals surface area contributed by atoms with E-state index in [1.165, 1.54) is 18.0 Å². The van der Waals surface area contributed by atoms with Gasteiger partial charge in [-0.2, -0.15) is 18.3 Å². The van der Waals surface area contributed by atoms with Crippen LogP contribution in [0.1, 0.15) is 37.1 Å². The molecule has 2 aliphatic carbocycles. The first-order valence-electron chi connectivity index (χ1n) is 12.3. The van der Waals surface area contributed by atoms with Crippen LogP contribution in [0.4, 0.5) is 18.9 Å². The molecule has 8 nitrogen and oxygen atoms in total. The van der Waals surface area contributed by atoms with E-state index in [0.29, 0.717) is 49.2 Å². The number of morpholine rings is 1. The van der Waals surface area contributed by atoms with E-state index >= 15 is 0 Å². The molecule has 1 saturated heterocycles.